The minimum Gasteiger partial charge on any atom is -0.206 e. The fraction of sp³-hybridized carbons (Fsp3) is 0.500. The molecular weight excluding hydrogens is 201 g/mol. The smallest absolute Gasteiger partial charge is 0.206 e. The van der Waals surface area contributed by atoms with Gasteiger partial charge in [0, 0.05) is 5.92 Å². The van der Waals surface area contributed by atoms with Crippen LogP contribution in [0.5, 0.6) is 0 Å². The molecule has 0 saturated heterocycles. The van der Waals surface area contributed by atoms with Crippen molar-refractivity contribution >= 4 is 0 Å². The van der Waals surface area contributed by atoms with Gasteiger partial charge < -0.3 is 0 Å². The first-order valence-corrected chi connectivity index (χ1v) is 4.91. The van der Waals surface area contributed by atoms with Crippen LogP contribution >= 0.6 is 0 Å². The summed E-state index contributed by atoms with van der Waals surface area (Å²) in [5.41, 5.74) is -0.0175. The number of rotatable bonds is 1. The van der Waals surface area contributed by atoms with Crippen molar-refractivity contribution in [1.29, 1.82) is 0 Å². The third-order valence-corrected chi connectivity index (χ3v) is 2.74. The molecule has 0 aromatic carbocycles. The summed E-state index contributed by atoms with van der Waals surface area (Å²) in [6.45, 7) is 7.84. The largest absolute Gasteiger partial charge is 0.279 e. The van der Waals surface area contributed by atoms with E-state index in [9.17, 15) is 13.2 Å². The summed E-state index contributed by atoms with van der Waals surface area (Å²) in [6, 6.07) is 0. The van der Waals surface area contributed by atoms with Gasteiger partial charge in [0.15, 0.2) is 0 Å². The molecular formula is C12H15F3. The second kappa shape index (κ2) is 3.87. The van der Waals surface area contributed by atoms with Crippen molar-refractivity contribution < 1.29 is 13.2 Å². The van der Waals surface area contributed by atoms with Gasteiger partial charge in [-0.15, -0.1) is 0 Å². The van der Waals surface area contributed by atoms with Crippen molar-refractivity contribution in [3.63, 3.8) is 0 Å². The molecule has 1 rings (SSSR count). The Morgan fingerprint density at radius 3 is 2.47 bits per heavy atom. The van der Waals surface area contributed by atoms with E-state index in [0.29, 0.717) is 5.57 Å². The molecule has 3 heteroatoms. The van der Waals surface area contributed by atoms with Gasteiger partial charge in [-0.25, -0.2) is 13.2 Å². The van der Waals surface area contributed by atoms with E-state index >= 15 is 0 Å². The summed E-state index contributed by atoms with van der Waals surface area (Å²) in [5.74, 6) is -4.79. The first kappa shape index (κ1) is 12.1. The highest BCUT2D eigenvalue weighted by Crippen LogP contribution is 2.50. The van der Waals surface area contributed by atoms with Crippen LogP contribution in [0.15, 0.2) is 35.2 Å². The van der Waals surface area contributed by atoms with Crippen LogP contribution < -0.4 is 0 Å². The zero-order chi connectivity index (χ0) is 11.8. The minimum absolute atomic E-state index is 0.0538. The average Bonchev–Trinajstić information content (AvgIpc) is 2.36. The van der Waals surface area contributed by atoms with Crippen LogP contribution in [0.25, 0.3) is 0 Å². The zero-order valence-corrected chi connectivity index (χ0v) is 9.20. The molecule has 0 bridgehead atoms. The maximum Gasteiger partial charge on any atom is 0.279 e. The van der Waals surface area contributed by atoms with Crippen LogP contribution in [-0.4, -0.2) is 5.92 Å². The number of hydrogen-bond acceptors (Lipinski definition) is 0. The number of halogens is 3. The second-order valence-electron chi connectivity index (χ2n) is 4.01. The fourth-order valence-electron chi connectivity index (χ4n) is 1.78. The number of hydrogen-bond donors (Lipinski definition) is 0. The Kier molecular flexibility index (Phi) is 3.12. The Balaban J connectivity index is 3.36. The summed E-state index contributed by atoms with van der Waals surface area (Å²) in [4.78, 5) is 0. The minimum atomic E-state index is -3.08. The molecule has 0 aromatic rings. The molecule has 1 saturated carbocycles. The Morgan fingerprint density at radius 2 is 2.07 bits per heavy atom. The van der Waals surface area contributed by atoms with E-state index < -0.39 is 23.2 Å². The van der Waals surface area contributed by atoms with Crippen LogP contribution in [0.4, 0.5) is 13.2 Å². The molecule has 0 radical (unpaired) electrons. The van der Waals surface area contributed by atoms with Gasteiger partial charge in [0.1, 0.15) is 5.83 Å². The Morgan fingerprint density at radius 1 is 1.53 bits per heavy atom. The van der Waals surface area contributed by atoms with E-state index in [1.165, 1.54) is 13.8 Å². The average molecular weight is 216 g/mol. The van der Waals surface area contributed by atoms with Crippen molar-refractivity contribution in [3.8, 4) is 0 Å². The van der Waals surface area contributed by atoms with Crippen LogP contribution in [-0.2, 0) is 0 Å². The monoisotopic (exact) mass is 216 g/mol. The molecule has 0 N–H and O–H groups in total. The highest BCUT2D eigenvalue weighted by Gasteiger charge is 2.50. The Labute approximate surface area is 88.2 Å². The van der Waals surface area contributed by atoms with Gasteiger partial charge >= 0.3 is 0 Å². The molecule has 0 heterocycles. The van der Waals surface area contributed by atoms with Crippen LogP contribution in [0.1, 0.15) is 27.2 Å². The molecule has 0 aromatic heterocycles. The highest BCUT2D eigenvalue weighted by atomic mass is 19.3. The van der Waals surface area contributed by atoms with Crippen LogP contribution in [0.3, 0.4) is 0 Å². The molecule has 0 spiro atoms. The van der Waals surface area contributed by atoms with E-state index in [4.69, 9.17) is 0 Å². The first-order chi connectivity index (χ1) is 6.82. The Bertz CT molecular complexity index is 348. The fourth-order valence-corrected chi connectivity index (χ4v) is 1.78. The van der Waals surface area contributed by atoms with Crippen molar-refractivity contribution in [3.05, 3.63) is 35.2 Å². The van der Waals surface area contributed by atoms with E-state index in [0.717, 1.165) is 0 Å². The van der Waals surface area contributed by atoms with Gasteiger partial charge in [0.05, 0.1) is 5.57 Å². The van der Waals surface area contributed by atoms with E-state index in [1.807, 2.05) is 0 Å². The predicted octanol–water partition coefficient (Wildman–Crippen LogP) is 4.41. The normalized spacial score (nSPS) is 30.8. The first-order valence-electron chi connectivity index (χ1n) is 4.91. The van der Waals surface area contributed by atoms with Gasteiger partial charge in [-0.3, -0.25) is 0 Å². The van der Waals surface area contributed by atoms with Crippen molar-refractivity contribution in [1.82, 2.24) is 0 Å². The lowest BCUT2D eigenvalue weighted by molar-refractivity contribution is 0.00412. The molecule has 1 fully saturated rings. The molecule has 0 nitrogen and oxygen atoms in total. The van der Waals surface area contributed by atoms with Crippen molar-refractivity contribution in [2.24, 2.45) is 5.92 Å². The summed E-state index contributed by atoms with van der Waals surface area (Å²) in [7, 11) is 0. The summed E-state index contributed by atoms with van der Waals surface area (Å²) >= 11 is 0. The topological polar surface area (TPSA) is 0 Å². The SMILES string of the molecule is C=C(C)C(F)=C1C(=CC)CC(C)C1(F)F. The summed E-state index contributed by atoms with van der Waals surface area (Å²) in [6.07, 6.45) is 1.77. The summed E-state index contributed by atoms with van der Waals surface area (Å²) in [5, 5.41) is 0. The van der Waals surface area contributed by atoms with E-state index in [2.05, 4.69) is 6.58 Å². The molecule has 0 amide bonds. The van der Waals surface area contributed by atoms with Crippen LogP contribution in [0, 0.1) is 5.92 Å². The van der Waals surface area contributed by atoms with Crippen LogP contribution in [0.2, 0.25) is 0 Å². The van der Waals surface area contributed by atoms with E-state index in [-0.39, 0.29) is 12.0 Å². The third-order valence-electron chi connectivity index (χ3n) is 2.74. The van der Waals surface area contributed by atoms with Gasteiger partial charge in [0.25, 0.3) is 5.92 Å². The van der Waals surface area contributed by atoms with Gasteiger partial charge in [-0.05, 0) is 31.4 Å². The van der Waals surface area contributed by atoms with Gasteiger partial charge in [0.2, 0.25) is 0 Å². The van der Waals surface area contributed by atoms with Gasteiger partial charge in [-0.2, -0.15) is 0 Å². The standard InChI is InChI=1S/C12H15F3/c1-5-9-6-8(4)12(14,15)10(9)11(13)7(2)3/h5,8H,2,6H2,1,3-4H3. The Hall–Kier alpha value is -0.990. The second-order valence-corrected chi connectivity index (χ2v) is 4.01. The molecule has 15 heavy (non-hydrogen) atoms. The third kappa shape index (κ3) is 1.87. The molecule has 1 aliphatic carbocycles. The predicted molar refractivity (Wildman–Crippen MR) is 55.4 cm³/mol. The van der Waals surface area contributed by atoms with Gasteiger partial charge in [-0.1, -0.05) is 19.6 Å². The molecule has 0 aliphatic heterocycles. The van der Waals surface area contributed by atoms with Crippen molar-refractivity contribution in [2.45, 2.75) is 33.1 Å². The highest BCUT2D eigenvalue weighted by molar-refractivity contribution is 5.48. The molecule has 1 aliphatic rings. The lowest BCUT2D eigenvalue weighted by Crippen LogP contribution is -2.22. The quantitative estimate of drug-likeness (QED) is 0.609. The van der Waals surface area contributed by atoms with E-state index in [1.54, 1.807) is 13.0 Å². The van der Waals surface area contributed by atoms with Crippen molar-refractivity contribution in [2.75, 3.05) is 0 Å². The maximum absolute atomic E-state index is 13.7. The lowest BCUT2D eigenvalue weighted by atomic mass is 10.0. The molecule has 84 valence electrons. The molecule has 1 atom stereocenters. The summed E-state index contributed by atoms with van der Waals surface area (Å²) < 4.78 is 40.9. The number of allylic oxidation sites excluding steroid dienone is 5. The number of alkyl halides is 2. The zero-order valence-electron chi connectivity index (χ0n) is 9.20. The molecule has 1 unspecified atom stereocenters. The lowest BCUT2D eigenvalue weighted by Gasteiger charge is -2.16. The maximum atomic E-state index is 13.7.